The molecular formula is C10H12N2. The largest absolute Gasteiger partial charge is 0.241 e. The summed E-state index contributed by atoms with van der Waals surface area (Å²) in [6.45, 7) is 7.61. The third-order valence-corrected chi connectivity index (χ3v) is 1.64. The Balaban J connectivity index is 3.27. The first-order valence-electron chi connectivity index (χ1n) is 3.86. The summed E-state index contributed by atoms with van der Waals surface area (Å²) in [6.07, 6.45) is 5.27. The molecule has 0 aromatic carbocycles. The lowest BCUT2D eigenvalue weighted by Gasteiger charge is -2.01. The second kappa shape index (κ2) is 3.81. The molecule has 1 aromatic heterocycles. The monoisotopic (exact) mass is 160 g/mol. The summed E-state index contributed by atoms with van der Waals surface area (Å²) in [5.41, 5.74) is 2.16. The first-order valence-corrected chi connectivity index (χ1v) is 3.86. The summed E-state index contributed by atoms with van der Waals surface area (Å²) < 4.78 is 0. The van der Waals surface area contributed by atoms with Gasteiger partial charge in [-0.15, -0.1) is 0 Å². The maximum atomic E-state index is 4.13. The summed E-state index contributed by atoms with van der Waals surface area (Å²) in [4.78, 5) is 8.26. The van der Waals surface area contributed by atoms with Crippen molar-refractivity contribution in [2.45, 2.75) is 13.8 Å². The summed E-state index contributed by atoms with van der Waals surface area (Å²) in [6, 6.07) is 1.95. The second-order valence-corrected chi connectivity index (χ2v) is 2.46. The van der Waals surface area contributed by atoms with Crippen LogP contribution >= 0.6 is 0 Å². The normalized spacial score (nSPS) is 10.5. The van der Waals surface area contributed by atoms with Crippen LogP contribution in [-0.4, -0.2) is 11.2 Å². The SMILES string of the molecule is C=Cc1c(C)ccnc1N=CC. The van der Waals surface area contributed by atoms with Crippen molar-refractivity contribution in [3.63, 3.8) is 0 Å². The van der Waals surface area contributed by atoms with E-state index in [4.69, 9.17) is 0 Å². The Bertz CT molecular complexity index is 314. The van der Waals surface area contributed by atoms with Crippen LogP contribution in [0.4, 0.5) is 5.82 Å². The fraction of sp³-hybridized carbons (Fsp3) is 0.200. The van der Waals surface area contributed by atoms with Gasteiger partial charge in [0.05, 0.1) is 0 Å². The van der Waals surface area contributed by atoms with Crippen LogP contribution in [0.3, 0.4) is 0 Å². The van der Waals surface area contributed by atoms with Gasteiger partial charge in [-0.1, -0.05) is 12.7 Å². The van der Waals surface area contributed by atoms with E-state index in [1.165, 1.54) is 0 Å². The third kappa shape index (κ3) is 1.59. The topological polar surface area (TPSA) is 25.2 Å². The minimum atomic E-state index is 0.743. The molecule has 0 saturated heterocycles. The summed E-state index contributed by atoms with van der Waals surface area (Å²) in [5, 5.41) is 0. The Hall–Kier alpha value is -1.44. The molecule has 0 bridgehead atoms. The quantitative estimate of drug-likeness (QED) is 0.611. The van der Waals surface area contributed by atoms with Gasteiger partial charge in [0.2, 0.25) is 0 Å². The van der Waals surface area contributed by atoms with Crippen molar-refractivity contribution in [1.29, 1.82) is 0 Å². The van der Waals surface area contributed by atoms with E-state index in [0.717, 1.165) is 16.9 Å². The number of pyridine rings is 1. The van der Waals surface area contributed by atoms with E-state index in [9.17, 15) is 0 Å². The average molecular weight is 160 g/mol. The Morgan fingerprint density at radius 3 is 2.92 bits per heavy atom. The minimum absolute atomic E-state index is 0.743. The molecule has 0 radical (unpaired) electrons. The van der Waals surface area contributed by atoms with Crippen LogP contribution in [0.25, 0.3) is 6.08 Å². The Morgan fingerprint density at radius 2 is 2.33 bits per heavy atom. The van der Waals surface area contributed by atoms with Crippen LogP contribution < -0.4 is 0 Å². The smallest absolute Gasteiger partial charge is 0.159 e. The van der Waals surface area contributed by atoms with Crippen molar-refractivity contribution in [3.8, 4) is 0 Å². The zero-order chi connectivity index (χ0) is 8.97. The fourth-order valence-corrected chi connectivity index (χ4v) is 1.03. The second-order valence-electron chi connectivity index (χ2n) is 2.46. The van der Waals surface area contributed by atoms with Gasteiger partial charge in [0.1, 0.15) is 0 Å². The van der Waals surface area contributed by atoms with Crippen LogP contribution in [0.1, 0.15) is 18.1 Å². The van der Waals surface area contributed by atoms with Gasteiger partial charge < -0.3 is 0 Å². The molecule has 1 rings (SSSR count). The fourth-order valence-electron chi connectivity index (χ4n) is 1.03. The highest BCUT2D eigenvalue weighted by atomic mass is 14.9. The summed E-state index contributed by atoms with van der Waals surface area (Å²) in [7, 11) is 0. The van der Waals surface area contributed by atoms with Gasteiger partial charge >= 0.3 is 0 Å². The molecule has 0 N–H and O–H groups in total. The molecule has 2 nitrogen and oxygen atoms in total. The van der Waals surface area contributed by atoms with Gasteiger partial charge in [-0.25, -0.2) is 9.98 Å². The number of hydrogen-bond donors (Lipinski definition) is 0. The lowest BCUT2D eigenvalue weighted by molar-refractivity contribution is 1.23. The molecule has 0 aliphatic carbocycles. The molecule has 12 heavy (non-hydrogen) atoms. The maximum Gasteiger partial charge on any atom is 0.159 e. The van der Waals surface area contributed by atoms with Gasteiger partial charge in [-0.2, -0.15) is 0 Å². The number of nitrogens with zero attached hydrogens (tertiary/aromatic N) is 2. The Labute approximate surface area is 72.7 Å². The zero-order valence-corrected chi connectivity index (χ0v) is 7.41. The first kappa shape index (κ1) is 8.65. The molecule has 0 unspecified atom stereocenters. The Kier molecular flexibility index (Phi) is 2.75. The van der Waals surface area contributed by atoms with Crippen LogP contribution in [0.2, 0.25) is 0 Å². The lowest BCUT2D eigenvalue weighted by atomic mass is 10.1. The number of aromatic nitrogens is 1. The van der Waals surface area contributed by atoms with Gasteiger partial charge in [-0.05, 0) is 25.5 Å². The van der Waals surface area contributed by atoms with E-state index in [1.807, 2.05) is 19.9 Å². The number of aryl methyl sites for hydroxylation is 1. The molecule has 0 saturated carbocycles. The van der Waals surface area contributed by atoms with Gasteiger partial charge in [0, 0.05) is 18.0 Å². The van der Waals surface area contributed by atoms with Crippen molar-refractivity contribution in [2.24, 2.45) is 4.99 Å². The minimum Gasteiger partial charge on any atom is -0.241 e. The van der Waals surface area contributed by atoms with Gasteiger partial charge in [0.25, 0.3) is 0 Å². The van der Waals surface area contributed by atoms with E-state index in [-0.39, 0.29) is 0 Å². The van der Waals surface area contributed by atoms with Gasteiger partial charge in [0.15, 0.2) is 5.82 Å². The predicted molar refractivity (Wildman–Crippen MR) is 52.9 cm³/mol. The molecule has 0 aliphatic heterocycles. The number of hydrogen-bond acceptors (Lipinski definition) is 2. The van der Waals surface area contributed by atoms with E-state index in [0.29, 0.717) is 0 Å². The molecule has 0 fully saturated rings. The van der Waals surface area contributed by atoms with E-state index in [1.54, 1.807) is 18.5 Å². The van der Waals surface area contributed by atoms with Crippen LogP contribution in [-0.2, 0) is 0 Å². The molecule has 2 heteroatoms. The van der Waals surface area contributed by atoms with Crippen molar-refractivity contribution in [2.75, 3.05) is 0 Å². The number of aliphatic imine (C=N–C) groups is 1. The lowest BCUT2D eigenvalue weighted by Crippen LogP contribution is -1.84. The van der Waals surface area contributed by atoms with E-state index < -0.39 is 0 Å². The standard InChI is InChI=1S/C10H12N2/c1-4-9-8(3)6-7-12-10(9)11-5-2/h4-7H,1H2,2-3H3. The molecule has 0 atom stereocenters. The molecule has 0 spiro atoms. The highest BCUT2D eigenvalue weighted by molar-refractivity contribution is 5.67. The number of rotatable bonds is 2. The Morgan fingerprint density at radius 1 is 1.58 bits per heavy atom. The third-order valence-electron chi connectivity index (χ3n) is 1.64. The molecule has 1 aromatic rings. The molecular weight excluding hydrogens is 148 g/mol. The van der Waals surface area contributed by atoms with Crippen molar-refractivity contribution >= 4 is 18.1 Å². The highest BCUT2D eigenvalue weighted by Crippen LogP contribution is 2.19. The molecule has 62 valence electrons. The van der Waals surface area contributed by atoms with E-state index >= 15 is 0 Å². The van der Waals surface area contributed by atoms with Crippen LogP contribution in [0.5, 0.6) is 0 Å². The molecule has 1 heterocycles. The van der Waals surface area contributed by atoms with Crippen LogP contribution in [0, 0.1) is 6.92 Å². The first-order chi connectivity index (χ1) is 5.79. The predicted octanol–water partition coefficient (Wildman–Crippen LogP) is 2.76. The maximum absolute atomic E-state index is 4.13. The summed E-state index contributed by atoms with van der Waals surface area (Å²) >= 11 is 0. The average Bonchev–Trinajstić information content (AvgIpc) is 2.05. The van der Waals surface area contributed by atoms with Crippen molar-refractivity contribution in [3.05, 3.63) is 30.0 Å². The zero-order valence-electron chi connectivity index (χ0n) is 7.41. The summed E-state index contributed by atoms with van der Waals surface area (Å²) in [5.74, 6) is 0.743. The van der Waals surface area contributed by atoms with Gasteiger partial charge in [-0.3, -0.25) is 0 Å². The van der Waals surface area contributed by atoms with Crippen molar-refractivity contribution < 1.29 is 0 Å². The van der Waals surface area contributed by atoms with Crippen LogP contribution in [0.15, 0.2) is 23.8 Å². The molecule has 0 aliphatic rings. The highest BCUT2D eigenvalue weighted by Gasteiger charge is 1.99. The molecule has 0 amide bonds. The van der Waals surface area contributed by atoms with E-state index in [2.05, 4.69) is 16.6 Å². The van der Waals surface area contributed by atoms with Crippen molar-refractivity contribution in [1.82, 2.24) is 4.98 Å².